The van der Waals surface area contributed by atoms with Crippen molar-refractivity contribution in [1.29, 1.82) is 0 Å². The van der Waals surface area contributed by atoms with Gasteiger partial charge in [0.05, 0.1) is 23.3 Å². The summed E-state index contributed by atoms with van der Waals surface area (Å²) in [7, 11) is 0. The van der Waals surface area contributed by atoms with Gasteiger partial charge >= 0.3 is 0 Å². The summed E-state index contributed by atoms with van der Waals surface area (Å²) >= 11 is 0. The maximum Gasteiger partial charge on any atom is 0.257 e. The van der Waals surface area contributed by atoms with Crippen molar-refractivity contribution in [3.05, 3.63) is 108 Å². The smallest absolute Gasteiger partial charge is 0.257 e. The number of carbonyl (C=O) groups is 1. The fourth-order valence-electron chi connectivity index (χ4n) is 3.51. The molecule has 3 aromatic heterocycles. The summed E-state index contributed by atoms with van der Waals surface area (Å²) in [5, 5.41) is 8.05. The first-order chi connectivity index (χ1) is 15.7. The third-order valence-corrected chi connectivity index (χ3v) is 5.08. The fourth-order valence-corrected chi connectivity index (χ4v) is 3.51. The maximum absolute atomic E-state index is 13.3. The van der Waals surface area contributed by atoms with Crippen LogP contribution < -0.4 is 5.32 Å². The number of nitrogens with zero attached hydrogens (tertiary/aromatic N) is 4. The van der Waals surface area contributed by atoms with Gasteiger partial charge in [0.2, 0.25) is 0 Å². The standard InChI is InChI=1S/C25H18FN5O/c26-19-7-5-18(6-8-19)23-15-21(20-3-1-2-4-22(20)28-23)25(32)29-24-11-14-31(30-24)16-17-9-12-27-13-10-17/h1-15H,16H2,(H,29,30,32). The number of anilines is 1. The Labute approximate surface area is 183 Å². The number of hydrogen-bond acceptors (Lipinski definition) is 4. The first-order valence-corrected chi connectivity index (χ1v) is 10.1. The van der Waals surface area contributed by atoms with E-state index in [2.05, 4.69) is 20.4 Å². The lowest BCUT2D eigenvalue weighted by atomic mass is 10.0. The average Bonchev–Trinajstić information content (AvgIpc) is 3.26. The number of aromatic nitrogens is 4. The van der Waals surface area contributed by atoms with E-state index in [1.807, 2.05) is 42.6 Å². The zero-order valence-corrected chi connectivity index (χ0v) is 16.9. The number of hydrogen-bond donors (Lipinski definition) is 1. The number of carbonyl (C=O) groups excluding carboxylic acids is 1. The molecule has 0 saturated carbocycles. The Kier molecular flexibility index (Phi) is 5.13. The van der Waals surface area contributed by atoms with Gasteiger partial charge in [-0.3, -0.25) is 14.5 Å². The molecule has 156 valence electrons. The molecular formula is C25H18FN5O. The van der Waals surface area contributed by atoms with Crippen molar-refractivity contribution in [3.63, 3.8) is 0 Å². The quantitative estimate of drug-likeness (QED) is 0.435. The molecule has 0 spiro atoms. The molecule has 5 rings (SSSR count). The summed E-state index contributed by atoms with van der Waals surface area (Å²) in [4.78, 5) is 21.8. The summed E-state index contributed by atoms with van der Waals surface area (Å²) in [5.74, 6) is -0.163. The lowest BCUT2D eigenvalue weighted by Gasteiger charge is -2.10. The van der Waals surface area contributed by atoms with Gasteiger partial charge in [-0.1, -0.05) is 18.2 Å². The van der Waals surface area contributed by atoms with Gasteiger partial charge in [-0.05, 0) is 54.1 Å². The van der Waals surface area contributed by atoms with Crippen molar-refractivity contribution in [2.24, 2.45) is 0 Å². The van der Waals surface area contributed by atoms with Gasteiger partial charge in [-0.15, -0.1) is 0 Å². The van der Waals surface area contributed by atoms with Crippen LogP contribution in [-0.2, 0) is 6.54 Å². The lowest BCUT2D eigenvalue weighted by Crippen LogP contribution is -2.14. The first kappa shape index (κ1) is 19.6. The number of fused-ring (bicyclic) bond motifs is 1. The molecule has 0 aliphatic carbocycles. The summed E-state index contributed by atoms with van der Waals surface area (Å²) in [6.07, 6.45) is 5.27. The number of nitrogens with one attached hydrogen (secondary N) is 1. The third-order valence-electron chi connectivity index (χ3n) is 5.08. The number of para-hydroxylation sites is 1. The van der Waals surface area contributed by atoms with Gasteiger partial charge in [0.25, 0.3) is 5.91 Å². The van der Waals surface area contributed by atoms with E-state index in [0.717, 1.165) is 16.5 Å². The molecule has 1 amide bonds. The highest BCUT2D eigenvalue weighted by Gasteiger charge is 2.15. The van der Waals surface area contributed by atoms with Crippen molar-refractivity contribution < 1.29 is 9.18 Å². The number of halogens is 1. The van der Waals surface area contributed by atoms with Gasteiger partial charge in [-0.2, -0.15) is 5.10 Å². The Morgan fingerprint density at radius 1 is 0.969 bits per heavy atom. The van der Waals surface area contributed by atoms with Gasteiger partial charge in [0.15, 0.2) is 5.82 Å². The van der Waals surface area contributed by atoms with E-state index in [1.54, 1.807) is 41.3 Å². The van der Waals surface area contributed by atoms with E-state index < -0.39 is 0 Å². The Morgan fingerprint density at radius 3 is 2.56 bits per heavy atom. The molecule has 0 fully saturated rings. The zero-order valence-electron chi connectivity index (χ0n) is 16.9. The first-order valence-electron chi connectivity index (χ1n) is 10.1. The van der Waals surface area contributed by atoms with Crippen LogP contribution >= 0.6 is 0 Å². The van der Waals surface area contributed by atoms with Crippen LogP contribution in [0.25, 0.3) is 22.2 Å². The molecule has 0 saturated heterocycles. The number of rotatable bonds is 5. The molecule has 0 radical (unpaired) electrons. The molecule has 0 bridgehead atoms. The lowest BCUT2D eigenvalue weighted by molar-refractivity contribution is 0.102. The minimum atomic E-state index is -0.324. The molecule has 0 aliphatic heterocycles. The molecule has 0 atom stereocenters. The molecule has 1 N–H and O–H groups in total. The van der Waals surface area contributed by atoms with E-state index >= 15 is 0 Å². The van der Waals surface area contributed by atoms with Gasteiger partial charge in [0.1, 0.15) is 5.82 Å². The molecule has 32 heavy (non-hydrogen) atoms. The Balaban J connectivity index is 1.45. The second-order valence-corrected chi connectivity index (χ2v) is 7.29. The SMILES string of the molecule is O=C(Nc1ccn(Cc2ccncc2)n1)c1cc(-c2ccc(F)cc2)nc2ccccc12. The molecule has 7 heteroatoms. The van der Waals surface area contributed by atoms with Crippen LogP contribution in [0.15, 0.2) is 91.4 Å². The normalized spacial score (nSPS) is 10.9. The maximum atomic E-state index is 13.3. The van der Waals surface area contributed by atoms with Crippen LogP contribution in [0.5, 0.6) is 0 Å². The van der Waals surface area contributed by atoms with E-state index in [1.165, 1.54) is 12.1 Å². The molecule has 5 aromatic rings. The highest BCUT2D eigenvalue weighted by atomic mass is 19.1. The van der Waals surface area contributed by atoms with Gasteiger partial charge in [-0.25, -0.2) is 9.37 Å². The molecule has 6 nitrogen and oxygen atoms in total. The summed E-state index contributed by atoms with van der Waals surface area (Å²) in [6, 6.07) is 20.8. The van der Waals surface area contributed by atoms with Crippen molar-refractivity contribution >= 4 is 22.6 Å². The summed E-state index contributed by atoms with van der Waals surface area (Å²) in [6.45, 7) is 0.575. The highest BCUT2D eigenvalue weighted by Crippen LogP contribution is 2.25. The van der Waals surface area contributed by atoms with Gasteiger partial charge < -0.3 is 5.32 Å². The van der Waals surface area contributed by atoms with Crippen molar-refractivity contribution in [1.82, 2.24) is 19.7 Å². The summed E-state index contributed by atoms with van der Waals surface area (Å²) in [5.41, 5.74) is 3.54. The Bertz CT molecular complexity index is 1400. The van der Waals surface area contributed by atoms with Crippen LogP contribution in [0.1, 0.15) is 15.9 Å². The largest absolute Gasteiger partial charge is 0.305 e. The average molecular weight is 423 g/mol. The van der Waals surface area contributed by atoms with Crippen molar-refractivity contribution in [2.45, 2.75) is 6.54 Å². The van der Waals surface area contributed by atoms with E-state index in [0.29, 0.717) is 29.1 Å². The number of pyridine rings is 2. The van der Waals surface area contributed by atoms with E-state index in [4.69, 9.17) is 0 Å². The second kappa shape index (κ2) is 8.39. The minimum Gasteiger partial charge on any atom is -0.305 e. The monoisotopic (exact) mass is 423 g/mol. The van der Waals surface area contributed by atoms with Crippen LogP contribution in [0, 0.1) is 5.82 Å². The van der Waals surface area contributed by atoms with Crippen LogP contribution in [-0.4, -0.2) is 25.7 Å². The second-order valence-electron chi connectivity index (χ2n) is 7.29. The fraction of sp³-hybridized carbons (Fsp3) is 0.0400. The molecule has 3 heterocycles. The number of benzene rings is 2. The Hall–Kier alpha value is -4.39. The van der Waals surface area contributed by atoms with E-state index in [9.17, 15) is 9.18 Å². The predicted octanol–water partition coefficient (Wildman–Crippen LogP) is 4.93. The van der Waals surface area contributed by atoms with Crippen LogP contribution in [0.4, 0.5) is 10.2 Å². The van der Waals surface area contributed by atoms with Crippen LogP contribution in [0.3, 0.4) is 0 Å². The third kappa shape index (κ3) is 4.09. The molecule has 2 aromatic carbocycles. The molecule has 0 unspecified atom stereocenters. The number of amides is 1. The van der Waals surface area contributed by atoms with E-state index in [-0.39, 0.29) is 11.7 Å². The molecular weight excluding hydrogens is 405 g/mol. The highest BCUT2D eigenvalue weighted by molar-refractivity contribution is 6.12. The van der Waals surface area contributed by atoms with Crippen molar-refractivity contribution in [2.75, 3.05) is 5.32 Å². The topological polar surface area (TPSA) is 72.7 Å². The summed E-state index contributed by atoms with van der Waals surface area (Å²) < 4.78 is 15.1. The molecule has 0 aliphatic rings. The zero-order chi connectivity index (χ0) is 21.9. The van der Waals surface area contributed by atoms with Gasteiger partial charge in [0, 0.05) is 35.6 Å². The minimum absolute atomic E-state index is 0.291. The van der Waals surface area contributed by atoms with Crippen LogP contribution in [0.2, 0.25) is 0 Å². The Morgan fingerprint density at radius 2 is 1.75 bits per heavy atom. The van der Waals surface area contributed by atoms with Crippen molar-refractivity contribution in [3.8, 4) is 11.3 Å². The predicted molar refractivity (Wildman–Crippen MR) is 121 cm³/mol.